The van der Waals surface area contributed by atoms with E-state index in [9.17, 15) is 9.18 Å². The van der Waals surface area contributed by atoms with E-state index in [2.05, 4.69) is 5.32 Å². The molecule has 0 radical (unpaired) electrons. The zero-order chi connectivity index (χ0) is 15.9. The minimum atomic E-state index is -1.68. The predicted octanol–water partition coefficient (Wildman–Crippen LogP) is 3.10. The number of nitrogens with one attached hydrogen (secondary N) is 1. The van der Waals surface area contributed by atoms with Crippen LogP contribution in [0.25, 0.3) is 0 Å². The number of benzene rings is 1. The van der Waals surface area contributed by atoms with Gasteiger partial charge in [0.2, 0.25) is 0 Å². The number of amides is 2. The summed E-state index contributed by atoms with van der Waals surface area (Å²) in [5.74, 6) is 0. The average Bonchev–Trinajstić information content (AvgIpc) is 3.08. The van der Waals surface area contributed by atoms with Gasteiger partial charge in [-0.25, -0.2) is 9.18 Å². The second-order valence-electron chi connectivity index (χ2n) is 5.95. The van der Waals surface area contributed by atoms with Gasteiger partial charge in [0, 0.05) is 13.0 Å². The van der Waals surface area contributed by atoms with Crippen molar-refractivity contribution in [2.24, 2.45) is 0 Å². The van der Waals surface area contributed by atoms with Crippen LogP contribution in [0.3, 0.4) is 0 Å². The number of fused-ring (bicyclic) bond motifs is 1. The van der Waals surface area contributed by atoms with Crippen LogP contribution < -0.4 is 5.32 Å². The Balaban J connectivity index is 1.69. The molecular formula is C15H17Cl2FN2O2. The molecular weight excluding hydrogens is 330 g/mol. The van der Waals surface area contributed by atoms with E-state index in [1.807, 2.05) is 6.07 Å². The normalized spacial score (nSPS) is 27.1. The number of carbonyl (C=O) groups is 1. The van der Waals surface area contributed by atoms with Crippen molar-refractivity contribution in [1.82, 2.24) is 10.2 Å². The topological polar surface area (TPSA) is 52.6 Å². The van der Waals surface area contributed by atoms with E-state index in [0.29, 0.717) is 16.6 Å². The standard InChI is InChI=1S/C15H17Cl2FN2O2/c16-11-3-1-9-10(13(11)17)2-4-12(9)19-14(22)20-6-5-15(18,7-20)8-21/h1,3,12,21H,2,4-8H2,(H,19,22)/t12-,15+/m1/s1. The molecule has 1 aliphatic carbocycles. The molecule has 0 bridgehead atoms. The van der Waals surface area contributed by atoms with Crippen molar-refractivity contribution in [2.75, 3.05) is 19.7 Å². The van der Waals surface area contributed by atoms with Gasteiger partial charge in [0.25, 0.3) is 0 Å². The number of aliphatic hydroxyl groups excluding tert-OH is 1. The average molecular weight is 347 g/mol. The number of hydrogen-bond donors (Lipinski definition) is 2. The number of aliphatic hydroxyl groups is 1. The molecule has 2 amide bonds. The molecule has 0 aromatic heterocycles. The number of alkyl halides is 1. The van der Waals surface area contributed by atoms with Crippen LogP contribution in [0.15, 0.2) is 12.1 Å². The number of halogens is 3. The molecule has 7 heteroatoms. The molecule has 4 nitrogen and oxygen atoms in total. The minimum Gasteiger partial charge on any atom is -0.393 e. The van der Waals surface area contributed by atoms with Crippen LogP contribution in [0.5, 0.6) is 0 Å². The molecule has 0 spiro atoms. The second kappa shape index (κ2) is 5.87. The van der Waals surface area contributed by atoms with E-state index in [1.54, 1.807) is 6.07 Å². The van der Waals surface area contributed by atoms with Crippen LogP contribution in [0.4, 0.5) is 9.18 Å². The van der Waals surface area contributed by atoms with Crippen LogP contribution in [0.1, 0.15) is 30.0 Å². The van der Waals surface area contributed by atoms with Crippen molar-refractivity contribution < 1.29 is 14.3 Å². The lowest BCUT2D eigenvalue weighted by atomic mass is 10.1. The molecule has 1 aromatic carbocycles. The fourth-order valence-electron chi connectivity index (χ4n) is 3.16. The van der Waals surface area contributed by atoms with Crippen LogP contribution in [-0.4, -0.2) is 41.4 Å². The van der Waals surface area contributed by atoms with E-state index in [4.69, 9.17) is 28.3 Å². The van der Waals surface area contributed by atoms with Gasteiger partial charge < -0.3 is 15.3 Å². The molecule has 120 valence electrons. The molecule has 2 aliphatic rings. The van der Waals surface area contributed by atoms with Crippen LogP contribution >= 0.6 is 23.2 Å². The van der Waals surface area contributed by atoms with Gasteiger partial charge in [0.15, 0.2) is 5.67 Å². The highest BCUT2D eigenvalue weighted by atomic mass is 35.5. The molecule has 1 aliphatic heterocycles. The fraction of sp³-hybridized carbons (Fsp3) is 0.533. The summed E-state index contributed by atoms with van der Waals surface area (Å²) in [6, 6.07) is 3.15. The van der Waals surface area contributed by atoms with Gasteiger partial charge in [-0.3, -0.25) is 0 Å². The maximum Gasteiger partial charge on any atom is 0.317 e. The summed E-state index contributed by atoms with van der Waals surface area (Å²) < 4.78 is 14.0. The molecule has 1 aromatic rings. The maximum atomic E-state index is 14.0. The highest BCUT2D eigenvalue weighted by Gasteiger charge is 2.40. The largest absolute Gasteiger partial charge is 0.393 e. The van der Waals surface area contributed by atoms with Crippen molar-refractivity contribution in [3.05, 3.63) is 33.3 Å². The van der Waals surface area contributed by atoms with Crippen LogP contribution in [0, 0.1) is 0 Å². The summed E-state index contributed by atoms with van der Waals surface area (Å²) in [5, 5.41) is 13.0. The lowest BCUT2D eigenvalue weighted by Crippen LogP contribution is -2.42. The van der Waals surface area contributed by atoms with Crippen molar-refractivity contribution in [3.63, 3.8) is 0 Å². The lowest BCUT2D eigenvalue weighted by Gasteiger charge is -2.22. The smallest absolute Gasteiger partial charge is 0.317 e. The first kappa shape index (κ1) is 15.8. The Labute approximate surface area is 138 Å². The third-order valence-electron chi connectivity index (χ3n) is 4.46. The SMILES string of the molecule is O=C(N[C@@H]1CCc2c1ccc(Cl)c2Cl)N1CC[C@@](F)(CO)C1. The summed E-state index contributed by atoms with van der Waals surface area (Å²) in [4.78, 5) is 13.7. The third kappa shape index (κ3) is 2.77. The van der Waals surface area contributed by atoms with E-state index < -0.39 is 12.3 Å². The summed E-state index contributed by atoms with van der Waals surface area (Å²) in [5.41, 5.74) is 0.258. The Kier molecular flexibility index (Phi) is 4.23. The molecule has 2 N–H and O–H groups in total. The third-order valence-corrected chi connectivity index (χ3v) is 5.31. The van der Waals surface area contributed by atoms with Gasteiger partial charge in [0.1, 0.15) is 0 Å². The zero-order valence-electron chi connectivity index (χ0n) is 11.9. The molecule has 1 saturated heterocycles. The number of nitrogens with zero attached hydrogens (tertiary/aromatic N) is 1. The summed E-state index contributed by atoms with van der Waals surface area (Å²) in [6.45, 7) is -0.322. The number of carbonyl (C=O) groups excluding carboxylic acids is 1. The number of urea groups is 1. The monoisotopic (exact) mass is 346 g/mol. The zero-order valence-corrected chi connectivity index (χ0v) is 13.4. The molecule has 2 atom stereocenters. The molecule has 0 saturated carbocycles. The van der Waals surface area contributed by atoms with Crippen molar-refractivity contribution >= 4 is 29.2 Å². The van der Waals surface area contributed by atoms with Crippen molar-refractivity contribution in [1.29, 1.82) is 0 Å². The highest BCUT2D eigenvalue weighted by molar-refractivity contribution is 6.42. The molecule has 1 heterocycles. The first-order valence-corrected chi connectivity index (χ1v) is 8.01. The van der Waals surface area contributed by atoms with Crippen molar-refractivity contribution in [3.8, 4) is 0 Å². The first-order chi connectivity index (χ1) is 10.4. The maximum absolute atomic E-state index is 14.0. The van der Waals surface area contributed by atoms with Gasteiger partial charge >= 0.3 is 6.03 Å². The highest BCUT2D eigenvalue weighted by Crippen LogP contribution is 2.39. The first-order valence-electron chi connectivity index (χ1n) is 7.25. The van der Waals surface area contributed by atoms with Gasteiger partial charge in [-0.15, -0.1) is 0 Å². The minimum absolute atomic E-state index is 0.0731. The summed E-state index contributed by atoms with van der Waals surface area (Å²) in [6.07, 6.45) is 1.67. The van der Waals surface area contributed by atoms with Gasteiger partial charge in [-0.05, 0) is 30.0 Å². The fourth-order valence-corrected chi connectivity index (χ4v) is 3.60. The van der Waals surface area contributed by atoms with Gasteiger partial charge in [-0.1, -0.05) is 29.3 Å². The molecule has 1 fully saturated rings. The number of hydrogen-bond acceptors (Lipinski definition) is 2. The quantitative estimate of drug-likeness (QED) is 0.864. The van der Waals surface area contributed by atoms with Gasteiger partial charge in [0.05, 0.1) is 29.2 Å². The Morgan fingerprint density at radius 2 is 2.27 bits per heavy atom. The summed E-state index contributed by atoms with van der Waals surface area (Å²) >= 11 is 12.2. The van der Waals surface area contributed by atoms with Crippen LogP contribution in [0.2, 0.25) is 10.0 Å². The predicted molar refractivity (Wildman–Crippen MR) is 83.2 cm³/mol. The number of likely N-dealkylation sites (tertiary alicyclic amines) is 1. The summed E-state index contributed by atoms with van der Waals surface area (Å²) in [7, 11) is 0. The Morgan fingerprint density at radius 1 is 1.50 bits per heavy atom. The van der Waals surface area contributed by atoms with E-state index >= 15 is 0 Å². The van der Waals surface area contributed by atoms with Crippen molar-refractivity contribution in [2.45, 2.75) is 31.0 Å². The molecule has 22 heavy (non-hydrogen) atoms. The van der Waals surface area contributed by atoms with E-state index in [0.717, 1.165) is 24.0 Å². The Bertz CT molecular complexity index is 613. The Hall–Kier alpha value is -1.04. The van der Waals surface area contributed by atoms with Gasteiger partial charge in [-0.2, -0.15) is 0 Å². The van der Waals surface area contributed by atoms with Crippen LogP contribution in [-0.2, 0) is 6.42 Å². The second-order valence-corrected chi connectivity index (χ2v) is 6.74. The number of rotatable bonds is 2. The molecule has 3 rings (SSSR count). The Morgan fingerprint density at radius 3 is 2.95 bits per heavy atom. The molecule has 0 unspecified atom stereocenters. The van der Waals surface area contributed by atoms with E-state index in [-0.39, 0.29) is 25.0 Å². The van der Waals surface area contributed by atoms with E-state index in [1.165, 1.54) is 4.90 Å². The lowest BCUT2D eigenvalue weighted by molar-refractivity contribution is 0.0804.